The van der Waals surface area contributed by atoms with Gasteiger partial charge >= 0.3 is 0 Å². The number of hydrogen-bond acceptors (Lipinski definition) is 7. The van der Waals surface area contributed by atoms with Crippen molar-refractivity contribution >= 4 is 39.1 Å². The van der Waals surface area contributed by atoms with Crippen LogP contribution in [-0.2, 0) is 25.2 Å². The largest absolute Gasteiger partial charge is 0.468 e. The number of thioether (sulfide) groups is 1. The van der Waals surface area contributed by atoms with Crippen molar-refractivity contribution < 1.29 is 22.4 Å². The number of hydrazone groups is 1. The van der Waals surface area contributed by atoms with Crippen molar-refractivity contribution in [3.05, 3.63) is 24.2 Å². The third-order valence-electron chi connectivity index (χ3n) is 4.23. The Labute approximate surface area is 156 Å². The lowest BCUT2D eigenvalue weighted by molar-refractivity contribution is -0.133. The first-order valence-electron chi connectivity index (χ1n) is 8.43. The number of hydrogen-bond donors (Lipinski definition) is 1. The van der Waals surface area contributed by atoms with Crippen molar-refractivity contribution in [2.45, 2.75) is 31.1 Å². The van der Waals surface area contributed by atoms with Crippen molar-refractivity contribution in [1.82, 2.24) is 10.3 Å². The van der Waals surface area contributed by atoms with Crippen molar-refractivity contribution in [2.75, 3.05) is 23.8 Å². The number of nitrogens with one attached hydrogen (secondary N) is 1. The number of amides is 2. The summed E-state index contributed by atoms with van der Waals surface area (Å²) in [6.45, 7) is 0.481. The minimum absolute atomic E-state index is 0.0609. The molecule has 8 nitrogen and oxygen atoms in total. The maximum atomic E-state index is 12.3. The topological polar surface area (TPSA) is 109 Å². The fraction of sp³-hybridized carbons (Fsp3) is 0.562. The molecule has 2 aliphatic heterocycles. The van der Waals surface area contributed by atoms with Crippen LogP contribution in [0.3, 0.4) is 0 Å². The predicted octanol–water partition coefficient (Wildman–Crippen LogP) is 0.794. The zero-order valence-corrected chi connectivity index (χ0v) is 15.9. The predicted molar refractivity (Wildman–Crippen MR) is 98.5 cm³/mol. The summed E-state index contributed by atoms with van der Waals surface area (Å²) in [5, 5.41) is 8.15. The fourth-order valence-electron chi connectivity index (χ4n) is 2.89. The molecule has 1 saturated heterocycles. The van der Waals surface area contributed by atoms with Crippen LogP contribution in [0.2, 0.25) is 0 Å². The summed E-state index contributed by atoms with van der Waals surface area (Å²) in [6, 6.07) is 3.28. The van der Waals surface area contributed by atoms with Crippen LogP contribution in [0, 0.1) is 0 Å². The highest BCUT2D eigenvalue weighted by Gasteiger charge is 2.37. The van der Waals surface area contributed by atoms with Gasteiger partial charge in [-0.05, 0) is 18.6 Å². The molecule has 1 aromatic heterocycles. The standard InChI is InChI=1S/C16H21N3O5S2/c20-15-4-3-14(18-19(15)12-5-9-26(22,23)11-12)16(21)17-6-8-25-10-13-2-1-7-24-13/h1-2,7,12H,3-6,8-11H2,(H,17,21). The van der Waals surface area contributed by atoms with Gasteiger partial charge in [-0.3, -0.25) is 9.59 Å². The van der Waals surface area contributed by atoms with Gasteiger partial charge in [0.15, 0.2) is 9.84 Å². The van der Waals surface area contributed by atoms with E-state index in [0.717, 1.165) is 17.3 Å². The monoisotopic (exact) mass is 399 g/mol. The number of sulfone groups is 1. The van der Waals surface area contributed by atoms with Gasteiger partial charge in [0, 0.05) is 25.1 Å². The molecule has 0 bridgehead atoms. The lowest BCUT2D eigenvalue weighted by atomic mass is 10.1. The smallest absolute Gasteiger partial charge is 0.267 e. The summed E-state index contributed by atoms with van der Waals surface area (Å²) in [7, 11) is -3.12. The summed E-state index contributed by atoms with van der Waals surface area (Å²) < 4.78 is 28.5. The van der Waals surface area contributed by atoms with Gasteiger partial charge in [-0.15, -0.1) is 0 Å². The summed E-state index contributed by atoms with van der Waals surface area (Å²) in [5.41, 5.74) is 0.282. The highest BCUT2D eigenvalue weighted by atomic mass is 32.2. The molecule has 1 fully saturated rings. The van der Waals surface area contributed by atoms with Crippen LogP contribution in [0.15, 0.2) is 27.9 Å². The average molecular weight is 399 g/mol. The number of furan rings is 1. The molecule has 3 rings (SSSR count). The highest BCUT2D eigenvalue weighted by molar-refractivity contribution is 7.98. The minimum Gasteiger partial charge on any atom is -0.468 e. The first-order valence-corrected chi connectivity index (χ1v) is 11.4. The van der Waals surface area contributed by atoms with Gasteiger partial charge in [0.2, 0.25) is 5.91 Å². The van der Waals surface area contributed by atoms with Crippen LogP contribution in [0.4, 0.5) is 0 Å². The first kappa shape index (κ1) is 19.0. The second kappa shape index (κ2) is 8.26. The van der Waals surface area contributed by atoms with Gasteiger partial charge in [0.25, 0.3) is 5.91 Å². The summed E-state index contributed by atoms with van der Waals surface area (Å²) in [4.78, 5) is 24.3. The number of carbonyl (C=O) groups is 2. The molecular weight excluding hydrogens is 378 g/mol. The number of carbonyl (C=O) groups excluding carboxylic acids is 2. The minimum atomic E-state index is -3.12. The maximum absolute atomic E-state index is 12.3. The van der Waals surface area contributed by atoms with Crippen molar-refractivity contribution in [1.29, 1.82) is 0 Å². The molecule has 26 heavy (non-hydrogen) atoms. The molecule has 0 aliphatic carbocycles. The van der Waals surface area contributed by atoms with E-state index in [1.807, 2.05) is 12.1 Å². The summed E-state index contributed by atoms with van der Waals surface area (Å²) in [5.74, 6) is 1.80. The van der Waals surface area contributed by atoms with Crippen LogP contribution in [0.25, 0.3) is 0 Å². The normalized spacial score (nSPS) is 22.3. The molecule has 0 saturated carbocycles. The average Bonchev–Trinajstić information content (AvgIpc) is 3.24. The molecular formula is C16H21N3O5S2. The second-order valence-electron chi connectivity index (χ2n) is 6.23. The Morgan fingerprint density at radius 2 is 2.27 bits per heavy atom. The van der Waals surface area contributed by atoms with Crippen molar-refractivity contribution in [3.8, 4) is 0 Å². The molecule has 0 spiro atoms. The summed E-state index contributed by atoms with van der Waals surface area (Å²) in [6.07, 6.45) is 2.45. The lowest BCUT2D eigenvalue weighted by Crippen LogP contribution is -2.44. The molecule has 3 heterocycles. The Bertz CT molecular complexity index is 789. The Morgan fingerprint density at radius 1 is 1.42 bits per heavy atom. The lowest BCUT2D eigenvalue weighted by Gasteiger charge is -2.27. The van der Waals surface area contributed by atoms with Crippen LogP contribution in [0.5, 0.6) is 0 Å². The Morgan fingerprint density at radius 3 is 2.96 bits per heavy atom. The molecule has 1 unspecified atom stereocenters. The molecule has 2 aliphatic rings. The third kappa shape index (κ3) is 4.88. The Hall–Kier alpha value is -1.81. The fourth-order valence-corrected chi connectivity index (χ4v) is 5.34. The zero-order valence-electron chi connectivity index (χ0n) is 14.2. The maximum Gasteiger partial charge on any atom is 0.267 e. The Balaban J connectivity index is 1.48. The molecule has 1 atom stereocenters. The molecule has 1 N–H and O–H groups in total. The van der Waals surface area contributed by atoms with E-state index in [4.69, 9.17) is 4.42 Å². The molecule has 1 aromatic rings. The van der Waals surface area contributed by atoms with Crippen LogP contribution >= 0.6 is 11.8 Å². The van der Waals surface area contributed by atoms with Gasteiger partial charge in [0.05, 0.1) is 29.6 Å². The van der Waals surface area contributed by atoms with E-state index in [-0.39, 0.29) is 41.9 Å². The van der Waals surface area contributed by atoms with E-state index in [9.17, 15) is 18.0 Å². The third-order valence-corrected chi connectivity index (χ3v) is 6.96. The van der Waals surface area contributed by atoms with E-state index in [1.165, 1.54) is 5.01 Å². The van der Waals surface area contributed by atoms with Crippen LogP contribution in [-0.4, -0.2) is 60.8 Å². The van der Waals surface area contributed by atoms with Gasteiger partial charge in [-0.1, -0.05) is 0 Å². The van der Waals surface area contributed by atoms with E-state index in [2.05, 4.69) is 10.4 Å². The van der Waals surface area contributed by atoms with E-state index < -0.39 is 15.9 Å². The number of nitrogens with zero attached hydrogens (tertiary/aromatic N) is 2. The molecule has 10 heteroatoms. The summed E-state index contributed by atoms with van der Waals surface area (Å²) >= 11 is 1.64. The zero-order chi connectivity index (χ0) is 18.6. The molecule has 0 radical (unpaired) electrons. The molecule has 142 valence electrons. The van der Waals surface area contributed by atoms with E-state index in [0.29, 0.717) is 13.0 Å². The molecule has 2 amide bonds. The van der Waals surface area contributed by atoms with E-state index in [1.54, 1.807) is 18.0 Å². The molecule has 0 aromatic carbocycles. The van der Waals surface area contributed by atoms with Crippen LogP contribution in [0.1, 0.15) is 25.0 Å². The quantitative estimate of drug-likeness (QED) is 0.679. The number of rotatable bonds is 7. The first-order chi connectivity index (χ1) is 12.4. The Kier molecular flexibility index (Phi) is 6.02. The van der Waals surface area contributed by atoms with Crippen molar-refractivity contribution in [2.24, 2.45) is 5.10 Å². The van der Waals surface area contributed by atoms with Gasteiger partial charge in [-0.2, -0.15) is 16.9 Å². The highest BCUT2D eigenvalue weighted by Crippen LogP contribution is 2.22. The van der Waals surface area contributed by atoms with Crippen molar-refractivity contribution in [3.63, 3.8) is 0 Å². The van der Waals surface area contributed by atoms with Gasteiger partial charge < -0.3 is 9.73 Å². The second-order valence-corrected chi connectivity index (χ2v) is 9.56. The van der Waals surface area contributed by atoms with E-state index >= 15 is 0 Å². The van der Waals surface area contributed by atoms with Gasteiger partial charge in [-0.25, -0.2) is 13.4 Å². The van der Waals surface area contributed by atoms with Crippen LogP contribution < -0.4 is 5.32 Å². The SMILES string of the molecule is O=C(NCCSCc1ccco1)C1=NN(C2CCS(=O)(=O)C2)C(=O)CC1. The van der Waals surface area contributed by atoms with Gasteiger partial charge in [0.1, 0.15) is 11.5 Å².